The number of carboxylic acid groups (broad SMARTS) is 1. The molecule has 2 heterocycles. The predicted octanol–water partition coefficient (Wildman–Crippen LogP) is 1.32. The van der Waals surface area contributed by atoms with Gasteiger partial charge in [-0.3, -0.25) is 9.69 Å². The molecular formula is C14H24N2O3. The minimum absolute atomic E-state index is 0.0227. The van der Waals surface area contributed by atoms with Crippen molar-refractivity contribution in [1.82, 2.24) is 9.80 Å². The highest BCUT2D eigenvalue weighted by Gasteiger charge is 2.40. The maximum Gasteiger partial charge on any atom is 0.326 e. The van der Waals surface area contributed by atoms with Gasteiger partial charge in [-0.2, -0.15) is 0 Å². The number of hydrogen-bond acceptors (Lipinski definition) is 3. The maximum atomic E-state index is 12.6. The minimum atomic E-state index is -0.874. The van der Waals surface area contributed by atoms with Crippen LogP contribution in [0.15, 0.2) is 0 Å². The van der Waals surface area contributed by atoms with Gasteiger partial charge in [0.05, 0.1) is 6.04 Å². The van der Waals surface area contributed by atoms with Gasteiger partial charge in [0.15, 0.2) is 0 Å². The van der Waals surface area contributed by atoms with Crippen molar-refractivity contribution in [3.8, 4) is 0 Å². The predicted molar refractivity (Wildman–Crippen MR) is 71.8 cm³/mol. The van der Waals surface area contributed by atoms with Gasteiger partial charge in [0.2, 0.25) is 5.91 Å². The summed E-state index contributed by atoms with van der Waals surface area (Å²) < 4.78 is 0. The Kier molecular flexibility index (Phi) is 4.13. The van der Waals surface area contributed by atoms with E-state index in [1.165, 1.54) is 0 Å². The van der Waals surface area contributed by atoms with E-state index in [4.69, 9.17) is 0 Å². The van der Waals surface area contributed by atoms with E-state index in [0.717, 1.165) is 19.3 Å². The molecule has 2 rings (SSSR count). The fourth-order valence-corrected chi connectivity index (χ4v) is 3.63. The van der Waals surface area contributed by atoms with Crippen molar-refractivity contribution in [3.05, 3.63) is 0 Å². The molecule has 1 N–H and O–H groups in total. The zero-order chi connectivity index (χ0) is 14.2. The number of carbonyl (C=O) groups excluding carboxylic acids is 1. The van der Waals surface area contributed by atoms with Crippen LogP contribution in [0.5, 0.6) is 0 Å². The first-order valence-corrected chi connectivity index (χ1v) is 7.24. The van der Waals surface area contributed by atoms with Crippen LogP contribution in [0.25, 0.3) is 0 Å². The van der Waals surface area contributed by atoms with Crippen LogP contribution in [0.2, 0.25) is 0 Å². The molecule has 2 aliphatic rings. The van der Waals surface area contributed by atoms with Crippen LogP contribution in [-0.4, -0.2) is 57.5 Å². The normalized spacial score (nSPS) is 33.6. The monoisotopic (exact) mass is 268 g/mol. The van der Waals surface area contributed by atoms with Crippen LogP contribution in [0.1, 0.15) is 46.5 Å². The Morgan fingerprint density at radius 3 is 2.26 bits per heavy atom. The number of carboxylic acids is 1. The SMILES string of the molecule is CC1CCC(C)N1C(C)C(=O)N1CCCC1C(=O)O. The largest absolute Gasteiger partial charge is 0.480 e. The number of rotatable bonds is 3. The van der Waals surface area contributed by atoms with Crippen molar-refractivity contribution in [2.45, 2.75) is 70.6 Å². The fraction of sp³-hybridized carbons (Fsp3) is 0.857. The molecule has 0 radical (unpaired) electrons. The molecule has 2 fully saturated rings. The van der Waals surface area contributed by atoms with Crippen LogP contribution in [-0.2, 0) is 9.59 Å². The Bertz CT molecular complexity index is 362. The first-order valence-electron chi connectivity index (χ1n) is 7.24. The molecule has 19 heavy (non-hydrogen) atoms. The third kappa shape index (κ3) is 2.61. The third-order valence-corrected chi connectivity index (χ3v) is 4.65. The summed E-state index contributed by atoms with van der Waals surface area (Å²) in [5.41, 5.74) is 0. The highest BCUT2D eigenvalue weighted by Crippen LogP contribution is 2.28. The average Bonchev–Trinajstić information content (AvgIpc) is 2.95. The molecule has 5 nitrogen and oxygen atoms in total. The molecule has 0 aliphatic carbocycles. The molecule has 1 amide bonds. The molecule has 108 valence electrons. The van der Waals surface area contributed by atoms with E-state index >= 15 is 0 Å². The van der Waals surface area contributed by atoms with E-state index in [1.807, 2.05) is 6.92 Å². The number of likely N-dealkylation sites (tertiary alicyclic amines) is 2. The zero-order valence-electron chi connectivity index (χ0n) is 12.0. The Labute approximate surface area is 114 Å². The van der Waals surface area contributed by atoms with E-state index in [2.05, 4.69) is 18.7 Å². The lowest BCUT2D eigenvalue weighted by molar-refractivity contribution is -0.150. The maximum absolute atomic E-state index is 12.6. The van der Waals surface area contributed by atoms with E-state index in [-0.39, 0.29) is 11.9 Å². The van der Waals surface area contributed by atoms with Gasteiger partial charge in [-0.05, 0) is 46.5 Å². The molecule has 2 saturated heterocycles. The fourth-order valence-electron chi connectivity index (χ4n) is 3.63. The van der Waals surface area contributed by atoms with Gasteiger partial charge < -0.3 is 10.0 Å². The molecule has 0 aromatic rings. The van der Waals surface area contributed by atoms with Crippen molar-refractivity contribution < 1.29 is 14.7 Å². The molecule has 4 atom stereocenters. The van der Waals surface area contributed by atoms with Gasteiger partial charge >= 0.3 is 5.97 Å². The van der Waals surface area contributed by atoms with Gasteiger partial charge in [0, 0.05) is 18.6 Å². The summed E-state index contributed by atoms with van der Waals surface area (Å²) in [6.07, 6.45) is 3.60. The molecule has 4 unspecified atom stereocenters. The van der Waals surface area contributed by atoms with Crippen LogP contribution in [0.4, 0.5) is 0 Å². The lowest BCUT2D eigenvalue weighted by atomic mass is 10.1. The lowest BCUT2D eigenvalue weighted by Gasteiger charge is -2.35. The van der Waals surface area contributed by atoms with Crippen molar-refractivity contribution in [2.24, 2.45) is 0 Å². The molecule has 0 bridgehead atoms. The number of nitrogens with zero attached hydrogens (tertiary/aromatic N) is 2. The molecular weight excluding hydrogens is 244 g/mol. The number of hydrogen-bond donors (Lipinski definition) is 1. The first-order chi connectivity index (χ1) is 8.93. The molecule has 0 saturated carbocycles. The second kappa shape index (κ2) is 5.49. The summed E-state index contributed by atoms with van der Waals surface area (Å²) in [5, 5.41) is 9.18. The van der Waals surface area contributed by atoms with E-state index in [1.54, 1.807) is 4.90 Å². The molecule has 0 aromatic carbocycles. The van der Waals surface area contributed by atoms with Gasteiger partial charge in [-0.15, -0.1) is 0 Å². The molecule has 0 aromatic heterocycles. The van der Waals surface area contributed by atoms with Gasteiger partial charge in [0.1, 0.15) is 6.04 Å². The highest BCUT2D eigenvalue weighted by molar-refractivity contribution is 5.87. The third-order valence-electron chi connectivity index (χ3n) is 4.65. The average molecular weight is 268 g/mol. The van der Waals surface area contributed by atoms with Crippen molar-refractivity contribution in [1.29, 1.82) is 0 Å². The summed E-state index contributed by atoms with van der Waals surface area (Å²) in [6.45, 7) is 6.78. The quantitative estimate of drug-likeness (QED) is 0.838. The Balaban J connectivity index is 2.08. The van der Waals surface area contributed by atoms with E-state index in [9.17, 15) is 14.7 Å². The first kappa shape index (κ1) is 14.3. The van der Waals surface area contributed by atoms with Crippen LogP contribution < -0.4 is 0 Å². The second-order valence-electron chi connectivity index (χ2n) is 5.93. The van der Waals surface area contributed by atoms with Crippen molar-refractivity contribution >= 4 is 11.9 Å². The Hall–Kier alpha value is -1.10. The minimum Gasteiger partial charge on any atom is -0.480 e. The standard InChI is InChI=1S/C14H24N2O3/c1-9-6-7-10(2)16(9)11(3)13(17)15-8-4-5-12(15)14(18)19/h9-12H,4-8H2,1-3H3,(H,18,19). The summed E-state index contributed by atoms with van der Waals surface area (Å²) in [5.74, 6) is -0.897. The van der Waals surface area contributed by atoms with Crippen LogP contribution in [0.3, 0.4) is 0 Å². The summed E-state index contributed by atoms with van der Waals surface area (Å²) in [7, 11) is 0. The number of amides is 1. The van der Waals surface area contributed by atoms with E-state index in [0.29, 0.717) is 25.0 Å². The Morgan fingerprint density at radius 2 is 1.74 bits per heavy atom. The van der Waals surface area contributed by atoms with Gasteiger partial charge in [0.25, 0.3) is 0 Å². The lowest BCUT2D eigenvalue weighted by Crippen LogP contribution is -2.52. The number of aliphatic carboxylic acids is 1. The topological polar surface area (TPSA) is 60.9 Å². The summed E-state index contributed by atoms with van der Waals surface area (Å²) in [4.78, 5) is 27.5. The molecule has 0 spiro atoms. The van der Waals surface area contributed by atoms with Crippen LogP contribution >= 0.6 is 0 Å². The summed E-state index contributed by atoms with van der Waals surface area (Å²) >= 11 is 0. The van der Waals surface area contributed by atoms with Gasteiger partial charge in [-0.25, -0.2) is 4.79 Å². The van der Waals surface area contributed by atoms with E-state index < -0.39 is 12.0 Å². The molecule has 2 aliphatic heterocycles. The second-order valence-corrected chi connectivity index (χ2v) is 5.93. The Morgan fingerprint density at radius 1 is 1.16 bits per heavy atom. The van der Waals surface area contributed by atoms with Gasteiger partial charge in [-0.1, -0.05) is 0 Å². The molecule has 5 heteroatoms. The highest BCUT2D eigenvalue weighted by atomic mass is 16.4. The number of carbonyl (C=O) groups is 2. The van der Waals surface area contributed by atoms with Crippen molar-refractivity contribution in [3.63, 3.8) is 0 Å². The smallest absolute Gasteiger partial charge is 0.326 e. The summed E-state index contributed by atoms with van der Waals surface area (Å²) in [6, 6.07) is -0.0322. The zero-order valence-corrected chi connectivity index (χ0v) is 12.0. The van der Waals surface area contributed by atoms with Crippen molar-refractivity contribution in [2.75, 3.05) is 6.54 Å². The van der Waals surface area contributed by atoms with Crippen LogP contribution in [0, 0.1) is 0 Å².